The summed E-state index contributed by atoms with van der Waals surface area (Å²) >= 11 is 4.24. The molecular formula is C20H26I2O4. The van der Waals surface area contributed by atoms with Gasteiger partial charge in [0.25, 0.3) is 0 Å². The van der Waals surface area contributed by atoms with Crippen LogP contribution in [0.5, 0.6) is 11.5 Å². The van der Waals surface area contributed by atoms with Crippen molar-refractivity contribution in [2.45, 2.75) is 70.8 Å². The van der Waals surface area contributed by atoms with Crippen molar-refractivity contribution in [1.29, 1.82) is 0 Å². The van der Waals surface area contributed by atoms with Crippen molar-refractivity contribution < 1.29 is 19.7 Å². The summed E-state index contributed by atoms with van der Waals surface area (Å²) in [6.45, 7) is 8.40. The number of hydrogen-bond acceptors (Lipinski definition) is 4. The summed E-state index contributed by atoms with van der Waals surface area (Å²) in [6, 6.07) is 1.95. The lowest BCUT2D eigenvalue weighted by molar-refractivity contribution is -0.185. The average Bonchev–Trinajstić information content (AvgIpc) is 2.59. The van der Waals surface area contributed by atoms with Gasteiger partial charge < -0.3 is 14.9 Å². The maximum atomic E-state index is 12.9. The Hall–Kier alpha value is -0.250. The van der Waals surface area contributed by atoms with Crippen LogP contribution in [-0.2, 0) is 14.9 Å². The maximum Gasteiger partial charge on any atom is 0.317 e. The van der Waals surface area contributed by atoms with Gasteiger partial charge in [0.15, 0.2) is 11.5 Å². The summed E-state index contributed by atoms with van der Waals surface area (Å²) in [5.74, 6) is -0.141. The van der Waals surface area contributed by atoms with E-state index in [0.29, 0.717) is 12.0 Å². The molecule has 4 nitrogen and oxygen atoms in total. The van der Waals surface area contributed by atoms with Crippen LogP contribution in [0.15, 0.2) is 6.07 Å². The Morgan fingerprint density at radius 2 is 1.85 bits per heavy atom. The summed E-state index contributed by atoms with van der Waals surface area (Å²) < 4.78 is 5.76. The summed E-state index contributed by atoms with van der Waals surface area (Å²) in [7, 11) is 0. The molecule has 0 aromatic heterocycles. The zero-order chi connectivity index (χ0) is 19.4. The highest BCUT2D eigenvalue weighted by Gasteiger charge is 2.65. The van der Waals surface area contributed by atoms with E-state index in [1.54, 1.807) is 0 Å². The van der Waals surface area contributed by atoms with Gasteiger partial charge in [0, 0.05) is 53.9 Å². The second kappa shape index (κ2) is 6.97. The van der Waals surface area contributed by atoms with E-state index in [9.17, 15) is 15.0 Å². The van der Waals surface area contributed by atoms with E-state index in [4.69, 9.17) is 4.74 Å². The summed E-state index contributed by atoms with van der Waals surface area (Å²) in [4.78, 5) is 12.9. The molecule has 2 fully saturated rings. The quantitative estimate of drug-likeness (QED) is 0.240. The minimum absolute atomic E-state index is 0.0202. The Bertz CT molecular complexity index is 744. The molecule has 0 amide bonds. The van der Waals surface area contributed by atoms with Gasteiger partial charge in [-0.1, -0.05) is 34.1 Å². The number of benzene rings is 1. The van der Waals surface area contributed by atoms with Gasteiger partial charge in [-0.15, -0.1) is 0 Å². The Morgan fingerprint density at radius 1 is 1.19 bits per heavy atom. The maximum absolute atomic E-state index is 12.9. The fourth-order valence-electron chi connectivity index (χ4n) is 5.55. The van der Waals surface area contributed by atoms with Crippen LogP contribution in [0.25, 0.3) is 0 Å². The second-order valence-corrected chi connectivity index (χ2v) is 8.78. The highest BCUT2D eigenvalue weighted by molar-refractivity contribution is 15.0. The first-order valence-corrected chi connectivity index (χ1v) is 15.4. The fourth-order valence-corrected chi connectivity index (χ4v) is 5.55. The topological polar surface area (TPSA) is 66.8 Å². The average molecular weight is 584 g/mol. The Morgan fingerprint density at radius 3 is 2.46 bits per heavy atom. The number of phenols is 2. The first kappa shape index (κ1) is 20.5. The molecule has 1 unspecified atom stereocenters. The molecule has 2 heterocycles. The number of fused-ring (bicyclic) bond motifs is 1. The van der Waals surface area contributed by atoms with E-state index < -0.39 is 5.41 Å². The van der Waals surface area contributed by atoms with Crippen LogP contribution in [0.3, 0.4) is 0 Å². The Balaban J connectivity index is 0.000000948. The fraction of sp³-hybridized carbons (Fsp3) is 0.650. The normalized spacial score (nSPS) is 30.8. The molecule has 2 N–H and O–H groups in total. The SMILES string of the molecule is CC(C)c1cc2c(c(O)c1O)[C@@]13CCCC(C)(C)C1C[C@@H]2OC3=O.II. The molecule has 1 spiro atoms. The molecule has 2 bridgehead atoms. The third-order valence-electron chi connectivity index (χ3n) is 6.74. The van der Waals surface area contributed by atoms with Crippen LogP contribution in [0.2, 0.25) is 0 Å². The van der Waals surface area contributed by atoms with E-state index in [1.807, 2.05) is 19.9 Å². The number of hydrogen-bond donors (Lipinski definition) is 2. The lowest BCUT2D eigenvalue weighted by Gasteiger charge is -2.58. The van der Waals surface area contributed by atoms with Crippen molar-refractivity contribution >= 4 is 43.2 Å². The highest BCUT2D eigenvalue weighted by Crippen LogP contribution is 2.66. The molecule has 5 rings (SSSR count). The lowest BCUT2D eigenvalue weighted by atomic mass is 9.47. The molecule has 144 valence electrons. The molecule has 4 aliphatic rings. The van der Waals surface area contributed by atoms with Crippen LogP contribution in [0.4, 0.5) is 0 Å². The molecule has 1 saturated heterocycles. The van der Waals surface area contributed by atoms with E-state index in [-0.39, 0.29) is 40.8 Å². The van der Waals surface area contributed by atoms with Crippen molar-refractivity contribution in [3.05, 3.63) is 22.8 Å². The Kier molecular flexibility index (Phi) is 5.49. The monoisotopic (exact) mass is 584 g/mol. The van der Waals surface area contributed by atoms with Gasteiger partial charge in [0.1, 0.15) is 11.5 Å². The number of phenolic OH excluding ortho intramolecular Hbond substituents is 2. The van der Waals surface area contributed by atoms with Gasteiger partial charge in [0.2, 0.25) is 0 Å². The molecule has 26 heavy (non-hydrogen) atoms. The van der Waals surface area contributed by atoms with Gasteiger partial charge in [-0.2, -0.15) is 0 Å². The van der Waals surface area contributed by atoms with Crippen LogP contribution in [0.1, 0.15) is 82.1 Å². The van der Waals surface area contributed by atoms with Crippen LogP contribution < -0.4 is 0 Å². The molecular weight excluding hydrogens is 558 g/mol. The molecule has 1 saturated carbocycles. The number of rotatable bonds is 1. The van der Waals surface area contributed by atoms with Crippen molar-refractivity contribution in [3.8, 4) is 11.5 Å². The van der Waals surface area contributed by atoms with Gasteiger partial charge >= 0.3 is 5.97 Å². The number of carbonyl (C=O) groups is 1. The minimum atomic E-state index is -0.803. The predicted molar refractivity (Wildman–Crippen MR) is 118 cm³/mol. The predicted octanol–water partition coefficient (Wildman–Crippen LogP) is 6.06. The number of carbonyl (C=O) groups excluding carboxylic acids is 1. The molecule has 3 atom stereocenters. The molecule has 2 aliphatic carbocycles. The van der Waals surface area contributed by atoms with Crippen molar-refractivity contribution in [2.24, 2.45) is 11.3 Å². The van der Waals surface area contributed by atoms with Gasteiger partial charge in [-0.3, -0.25) is 4.79 Å². The molecule has 1 aromatic rings. The van der Waals surface area contributed by atoms with Gasteiger partial charge in [0.05, 0.1) is 0 Å². The standard InChI is InChI=1S/C20H26O4.I2/c1-10(2)11-8-12-13-9-14-19(3,4)6-5-7-20(14,18(23)24-13)15(12)17(22)16(11)21;1-2/h8,10,13-14,21-22H,5-7,9H2,1-4H3;/t13-,14?,20+;/m0./s1. The lowest BCUT2D eigenvalue weighted by Crippen LogP contribution is -2.59. The first-order valence-electron chi connectivity index (χ1n) is 9.14. The second-order valence-electron chi connectivity index (χ2n) is 8.78. The minimum Gasteiger partial charge on any atom is -0.504 e. The van der Waals surface area contributed by atoms with Crippen molar-refractivity contribution in [1.82, 2.24) is 0 Å². The van der Waals surface area contributed by atoms with Crippen molar-refractivity contribution in [2.75, 3.05) is 0 Å². The summed E-state index contributed by atoms with van der Waals surface area (Å²) in [6.07, 6.45) is 3.20. The third-order valence-corrected chi connectivity index (χ3v) is 6.74. The largest absolute Gasteiger partial charge is 0.504 e. The summed E-state index contributed by atoms with van der Waals surface area (Å²) in [5, 5.41) is 21.4. The van der Waals surface area contributed by atoms with Crippen LogP contribution in [-0.4, -0.2) is 16.2 Å². The zero-order valence-corrected chi connectivity index (χ0v) is 19.9. The molecule has 2 aliphatic heterocycles. The number of ether oxygens (including phenoxy) is 1. The van der Waals surface area contributed by atoms with E-state index in [1.165, 1.54) is 0 Å². The number of aromatic hydroxyl groups is 2. The van der Waals surface area contributed by atoms with Crippen LogP contribution in [0, 0.1) is 11.3 Å². The zero-order valence-electron chi connectivity index (χ0n) is 15.6. The highest BCUT2D eigenvalue weighted by atomic mass is 128. The van der Waals surface area contributed by atoms with Gasteiger partial charge in [-0.25, -0.2) is 0 Å². The molecule has 6 heteroatoms. The first-order chi connectivity index (χ1) is 12.2. The van der Waals surface area contributed by atoms with E-state index in [2.05, 4.69) is 51.1 Å². The smallest absolute Gasteiger partial charge is 0.317 e. The summed E-state index contributed by atoms with van der Waals surface area (Å²) in [5.41, 5.74) is 1.49. The third kappa shape index (κ3) is 2.68. The molecule has 0 radical (unpaired) electrons. The number of halogens is 2. The molecule has 1 aromatic carbocycles. The van der Waals surface area contributed by atoms with Crippen LogP contribution >= 0.6 is 37.2 Å². The van der Waals surface area contributed by atoms with E-state index in [0.717, 1.165) is 30.4 Å². The van der Waals surface area contributed by atoms with Crippen molar-refractivity contribution in [3.63, 3.8) is 0 Å². The number of esters is 1. The van der Waals surface area contributed by atoms with E-state index >= 15 is 0 Å². The van der Waals surface area contributed by atoms with Gasteiger partial charge in [-0.05, 0) is 42.6 Å². The Labute approximate surface area is 178 Å².